The van der Waals surface area contributed by atoms with E-state index in [0.717, 1.165) is 22.0 Å². The van der Waals surface area contributed by atoms with Crippen molar-refractivity contribution in [3.63, 3.8) is 0 Å². The molecule has 0 saturated heterocycles. The van der Waals surface area contributed by atoms with Crippen molar-refractivity contribution >= 4 is 34.7 Å². The first-order chi connectivity index (χ1) is 9.15. The molecule has 0 bridgehead atoms. The lowest BCUT2D eigenvalue weighted by atomic mass is 10.2. The Morgan fingerprint density at radius 1 is 1.11 bits per heavy atom. The Kier molecular flexibility index (Phi) is 3.33. The lowest BCUT2D eigenvalue weighted by molar-refractivity contribution is 0.243. The van der Waals surface area contributed by atoms with Crippen LogP contribution in [-0.2, 0) is 0 Å². The van der Waals surface area contributed by atoms with E-state index in [1.165, 1.54) is 4.90 Å². The highest BCUT2D eigenvalue weighted by atomic mass is 35.5. The van der Waals surface area contributed by atoms with E-state index in [1.54, 1.807) is 11.8 Å². The summed E-state index contributed by atoms with van der Waals surface area (Å²) >= 11 is 7.99. The van der Waals surface area contributed by atoms with Crippen LogP contribution in [0.2, 0.25) is 5.02 Å². The number of hydrogen-bond donors (Lipinski definition) is 1. The van der Waals surface area contributed by atoms with Crippen LogP contribution in [0.25, 0.3) is 0 Å². The van der Waals surface area contributed by atoms with Gasteiger partial charge in [0.15, 0.2) is 5.75 Å². The average molecular weight is 292 g/mol. The van der Waals surface area contributed by atoms with Gasteiger partial charge in [-0.25, -0.2) is 0 Å². The fraction of sp³-hybridized carbons (Fsp3) is 0.200. The third kappa shape index (κ3) is 2.40. The minimum absolute atomic E-state index is 0.0907. The van der Waals surface area contributed by atoms with E-state index >= 15 is 0 Å². The fourth-order valence-corrected chi connectivity index (χ4v) is 3.20. The highest BCUT2D eigenvalue weighted by Gasteiger charge is 2.21. The van der Waals surface area contributed by atoms with Crippen molar-refractivity contribution in [2.45, 2.75) is 29.7 Å². The van der Waals surface area contributed by atoms with Crippen LogP contribution in [0.5, 0.6) is 5.75 Å². The summed E-state index contributed by atoms with van der Waals surface area (Å²) in [6.07, 6.45) is 0.0907. The maximum absolute atomic E-state index is 6.26. The minimum atomic E-state index is 0.0907. The van der Waals surface area contributed by atoms with Gasteiger partial charge in [0, 0.05) is 9.79 Å². The number of halogens is 1. The summed E-state index contributed by atoms with van der Waals surface area (Å²) in [6, 6.07) is 12.1. The van der Waals surface area contributed by atoms with Crippen molar-refractivity contribution in [2.75, 3.05) is 5.32 Å². The van der Waals surface area contributed by atoms with E-state index in [2.05, 4.69) is 17.4 Å². The number of rotatable bonds is 2. The topological polar surface area (TPSA) is 21.3 Å². The van der Waals surface area contributed by atoms with Crippen LogP contribution in [0, 0.1) is 0 Å². The summed E-state index contributed by atoms with van der Waals surface area (Å²) < 4.78 is 5.85. The Morgan fingerprint density at radius 3 is 2.68 bits per heavy atom. The molecule has 0 spiro atoms. The van der Waals surface area contributed by atoms with E-state index in [0.29, 0.717) is 5.02 Å². The molecule has 0 atom stereocenters. The second-order valence-corrected chi connectivity index (χ2v) is 6.13. The molecule has 1 aliphatic rings. The summed E-state index contributed by atoms with van der Waals surface area (Å²) in [6.45, 7) is 4.00. The lowest BCUT2D eigenvalue weighted by Gasteiger charge is -2.24. The Balaban J connectivity index is 2.07. The normalized spacial score (nSPS) is 12.6. The van der Waals surface area contributed by atoms with Crippen molar-refractivity contribution in [1.29, 1.82) is 0 Å². The molecule has 1 aliphatic heterocycles. The van der Waals surface area contributed by atoms with Crippen LogP contribution in [0.3, 0.4) is 0 Å². The molecule has 2 aromatic carbocycles. The first-order valence-electron chi connectivity index (χ1n) is 6.18. The molecule has 0 aliphatic carbocycles. The third-order valence-corrected chi connectivity index (χ3v) is 4.23. The largest absolute Gasteiger partial charge is 0.487 e. The zero-order valence-corrected chi connectivity index (χ0v) is 12.3. The zero-order chi connectivity index (χ0) is 13.4. The quantitative estimate of drug-likeness (QED) is 0.689. The fourth-order valence-electron chi connectivity index (χ4n) is 2.01. The molecule has 19 heavy (non-hydrogen) atoms. The molecule has 2 nitrogen and oxygen atoms in total. The first-order valence-corrected chi connectivity index (χ1v) is 7.37. The van der Waals surface area contributed by atoms with Crippen molar-refractivity contribution in [3.05, 3.63) is 41.4 Å². The highest BCUT2D eigenvalue weighted by molar-refractivity contribution is 7.99. The Bertz CT molecular complexity index is 628. The van der Waals surface area contributed by atoms with E-state index in [4.69, 9.17) is 16.3 Å². The summed E-state index contributed by atoms with van der Waals surface area (Å²) in [7, 11) is 0. The molecule has 3 rings (SSSR count). The molecule has 0 aromatic heterocycles. The minimum Gasteiger partial charge on any atom is -0.487 e. The summed E-state index contributed by atoms with van der Waals surface area (Å²) in [5.74, 6) is 0.733. The first kappa shape index (κ1) is 12.7. The van der Waals surface area contributed by atoms with Gasteiger partial charge in [-0.2, -0.15) is 0 Å². The third-order valence-electron chi connectivity index (χ3n) is 2.79. The summed E-state index contributed by atoms with van der Waals surface area (Å²) in [5.41, 5.74) is 2.06. The molecule has 0 fully saturated rings. The Morgan fingerprint density at radius 2 is 1.89 bits per heavy atom. The molecule has 4 heteroatoms. The van der Waals surface area contributed by atoms with E-state index in [-0.39, 0.29) is 6.10 Å². The molecule has 2 aromatic rings. The summed E-state index contributed by atoms with van der Waals surface area (Å²) in [5, 5.41) is 4.06. The molecule has 0 unspecified atom stereocenters. The number of ether oxygens (including phenoxy) is 1. The predicted molar refractivity (Wildman–Crippen MR) is 81.1 cm³/mol. The number of anilines is 2. The number of nitrogens with one attached hydrogen (secondary N) is 1. The molecular formula is C15H14ClNOS. The maximum Gasteiger partial charge on any atom is 0.162 e. The van der Waals surface area contributed by atoms with Gasteiger partial charge in [0.05, 0.1) is 22.5 Å². The van der Waals surface area contributed by atoms with Gasteiger partial charge in [0.25, 0.3) is 0 Å². The molecule has 1 heterocycles. The number of fused-ring (bicyclic) bond motifs is 2. The molecule has 1 N–H and O–H groups in total. The standard InChI is InChI=1S/C15H14ClNOS/c1-9(2)18-15-10(16)7-8-13-14(15)17-11-5-3-4-6-12(11)19-13/h3-9,17H,1-2H3. The molecule has 0 radical (unpaired) electrons. The van der Waals surface area contributed by atoms with Gasteiger partial charge >= 0.3 is 0 Å². The molecule has 0 amide bonds. The van der Waals surface area contributed by atoms with Gasteiger partial charge in [-0.1, -0.05) is 35.5 Å². The Hall–Kier alpha value is -1.32. The maximum atomic E-state index is 6.26. The van der Waals surface area contributed by atoms with E-state index < -0.39 is 0 Å². The lowest BCUT2D eigenvalue weighted by Crippen LogP contribution is -2.09. The zero-order valence-electron chi connectivity index (χ0n) is 10.7. The van der Waals surface area contributed by atoms with Crippen LogP contribution in [-0.4, -0.2) is 6.10 Å². The second kappa shape index (κ2) is 4.99. The summed E-state index contributed by atoms with van der Waals surface area (Å²) in [4.78, 5) is 2.35. The van der Waals surface area contributed by atoms with Gasteiger partial charge in [0.2, 0.25) is 0 Å². The Labute approximate surface area is 122 Å². The smallest absolute Gasteiger partial charge is 0.162 e. The second-order valence-electron chi connectivity index (χ2n) is 4.64. The monoisotopic (exact) mass is 291 g/mol. The van der Waals surface area contributed by atoms with E-state index in [9.17, 15) is 0 Å². The van der Waals surface area contributed by atoms with Crippen molar-refractivity contribution in [1.82, 2.24) is 0 Å². The van der Waals surface area contributed by atoms with Crippen molar-refractivity contribution in [2.24, 2.45) is 0 Å². The van der Waals surface area contributed by atoms with Crippen LogP contribution < -0.4 is 10.1 Å². The van der Waals surface area contributed by atoms with Crippen LogP contribution in [0.4, 0.5) is 11.4 Å². The van der Waals surface area contributed by atoms with Gasteiger partial charge in [-0.3, -0.25) is 0 Å². The number of hydrogen-bond acceptors (Lipinski definition) is 3. The SMILES string of the molecule is CC(C)Oc1c(Cl)ccc2c1Nc1ccccc1S2. The molecule has 98 valence electrons. The van der Waals surface area contributed by atoms with Crippen LogP contribution in [0.15, 0.2) is 46.2 Å². The van der Waals surface area contributed by atoms with Crippen molar-refractivity contribution < 1.29 is 4.74 Å². The van der Waals surface area contributed by atoms with E-state index in [1.807, 2.05) is 38.1 Å². The van der Waals surface area contributed by atoms with Crippen molar-refractivity contribution in [3.8, 4) is 5.75 Å². The molecule has 0 saturated carbocycles. The van der Waals surface area contributed by atoms with Gasteiger partial charge in [-0.15, -0.1) is 0 Å². The number of benzene rings is 2. The van der Waals surface area contributed by atoms with Gasteiger partial charge in [-0.05, 0) is 38.1 Å². The van der Waals surface area contributed by atoms with Gasteiger partial charge < -0.3 is 10.1 Å². The average Bonchev–Trinajstić information content (AvgIpc) is 2.40. The van der Waals surface area contributed by atoms with Crippen LogP contribution >= 0.6 is 23.4 Å². The van der Waals surface area contributed by atoms with Crippen LogP contribution in [0.1, 0.15) is 13.8 Å². The molecular weight excluding hydrogens is 278 g/mol. The predicted octanol–water partition coefficient (Wildman–Crippen LogP) is 5.34. The highest BCUT2D eigenvalue weighted by Crippen LogP contribution is 2.50. The van der Waals surface area contributed by atoms with Gasteiger partial charge in [0.1, 0.15) is 0 Å². The number of para-hydroxylation sites is 1.